The van der Waals surface area contributed by atoms with E-state index in [0.717, 1.165) is 0 Å². The van der Waals surface area contributed by atoms with Crippen molar-refractivity contribution in [2.75, 3.05) is 7.11 Å². The smallest absolute Gasteiger partial charge is 0.376 e. The Morgan fingerprint density at radius 2 is 2.42 bits per heavy atom. The van der Waals surface area contributed by atoms with Crippen molar-refractivity contribution in [2.45, 2.75) is 0 Å². The monoisotopic (exact) mass is 169 g/mol. The Bertz CT molecular complexity index is 289. The molecule has 6 nitrogen and oxygen atoms in total. The summed E-state index contributed by atoms with van der Waals surface area (Å²) in [5, 5.41) is 0. The van der Waals surface area contributed by atoms with Crippen molar-refractivity contribution in [3.63, 3.8) is 0 Å². The van der Waals surface area contributed by atoms with Crippen LogP contribution in [-0.2, 0) is 4.74 Å². The van der Waals surface area contributed by atoms with Gasteiger partial charge in [0.15, 0.2) is 0 Å². The summed E-state index contributed by atoms with van der Waals surface area (Å²) in [6, 6.07) is 1.42. The molecule has 0 amide bonds. The Morgan fingerprint density at radius 3 is 3.00 bits per heavy atom. The quantitative estimate of drug-likeness (QED) is 0.475. The first kappa shape index (κ1) is 8.41. The van der Waals surface area contributed by atoms with Crippen LogP contribution in [0, 0.1) is 0 Å². The largest absolute Gasteiger partial charge is 0.463 e. The second kappa shape index (κ2) is 3.63. The van der Waals surface area contributed by atoms with E-state index in [1.54, 1.807) is 0 Å². The molecule has 1 aromatic heterocycles. The highest BCUT2D eigenvalue weighted by Crippen LogP contribution is 2.02. The van der Waals surface area contributed by atoms with Crippen LogP contribution in [0.4, 0.5) is 0 Å². The molecule has 0 radical (unpaired) electrons. The third-order valence-corrected chi connectivity index (χ3v) is 1.12. The van der Waals surface area contributed by atoms with Crippen LogP contribution in [-0.4, -0.2) is 23.0 Å². The summed E-state index contributed by atoms with van der Waals surface area (Å²) in [6.45, 7) is 0. The Kier molecular flexibility index (Phi) is 2.54. The Hall–Kier alpha value is -1.69. The van der Waals surface area contributed by atoms with Crippen molar-refractivity contribution in [3.8, 4) is 5.88 Å². The summed E-state index contributed by atoms with van der Waals surface area (Å²) in [6.07, 6.45) is 1.35. The molecule has 12 heavy (non-hydrogen) atoms. The lowest BCUT2D eigenvalue weighted by atomic mass is 10.5. The highest BCUT2D eigenvalue weighted by Gasteiger charge is 2.09. The zero-order valence-corrected chi connectivity index (χ0v) is 6.35. The minimum atomic E-state index is -0.631. The molecule has 0 aliphatic rings. The standard InChI is InChI=1S/C6H7N3O3/c1-11-6(10)5-8-3-2-4(9-5)12-7/h2-3H,7H2,1H3. The zero-order valence-electron chi connectivity index (χ0n) is 6.35. The van der Waals surface area contributed by atoms with Crippen molar-refractivity contribution < 1.29 is 14.4 Å². The van der Waals surface area contributed by atoms with Gasteiger partial charge in [0.05, 0.1) is 7.11 Å². The van der Waals surface area contributed by atoms with Gasteiger partial charge in [0.1, 0.15) is 0 Å². The lowest BCUT2D eigenvalue weighted by Crippen LogP contribution is -2.10. The van der Waals surface area contributed by atoms with Crippen LogP contribution in [0.1, 0.15) is 10.6 Å². The van der Waals surface area contributed by atoms with E-state index in [4.69, 9.17) is 5.90 Å². The van der Waals surface area contributed by atoms with Crippen molar-refractivity contribution in [2.24, 2.45) is 5.90 Å². The van der Waals surface area contributed by atoms with Crippen molar-refractivity contribution in [1.29, 1.82) is 0 Å². The third-order valence-electron chi connectivity index (χ3n) is 1.12. The van der Waals surface area contributed by atoms with Gasteiger partial charge < -0.3 is 9.57 Å². The Labute approximate surface area is 68.3 Å². The number of ether oxygens (including phenoxy) is 1. The van der Waals surface area contributed by atoms with Gasteiger partial charge in [0.25, 0.3) is 0 Å². The molecule has 0 saturated carbocycles. The molecule has 6 heteroatoms. The first-order valence-corrected chi connectivity index (χ1v) is 3.06. The summed E-state index contributed by atoms with van der Waals surface area (Å²) >= 11 is 0. The number of hydrogen-bond acceptors (Lipinski definition) is 6. The molecule has 0 aromatic carbocycles. The first-order valence-electron chi connectivity index (χ1n) is 3.06. The second-order valence-electron chi connectivity index (χ2n) is 1.83. The fourth-order valence-electron chi connectivity index (χ4n) is 0.597. The van der Waals surface area contributed by atoms with Gasteiger partial charge in [0.2, 0.25) is 11.7 Å². The number of nitrogens with zero attached hydrogens (tertiary/aromatic N) is 2. The summed E-state index contributed by atoms with van der Waals surface area (Å²) < 4.78 is 4.38. The molecule has 0 atom stereocenters. The molecular weight excluding hydrogens is 162 g/mol. The van der Waals surface area contributed by atoms with Gasteiger partial charge in [-0.1, -0.05) is 0 Å². The molecule has 0 unspecified atom stereocenters. The number of carbonyl (C=O) groups excluding carboxylic acids is 1. The van der Waals surface area contributed by atoms with Crippen LogP contribution in [0.5, 0.6) is 5.88 Å². The molecule has 0 aliphatic carbocycles. The van der Waals surface area contributed by atoms with Crippen LogP contribution < -0.4 is 10.7 Å². The van der Waals surface area contributed by atoms with Crippen LogP contribution >= 0.6 is 0 Å². The molecule has 0 spiro atoms. The number of rotatable bonds is 2. The molecule has 0 saturated heterocycles. The van der Waals surface area contributed by atoms with Crippen molar-refractivity contribution >= 4 is 5.97 Å². The summed E-state index contributed by atoms with van der Waals surface area (Å²) in [5.74, 6) is 4.22. The SMILES string of the molecule is COC(=O)c1nccc(ON)n1. The summed E-state index contributed by atoms with van der Waals surface area (Å²) in [5.41, 5.74) is 0. The first-order chi connectivity index (χ1) is 5.77. The number of hydrogen-bond donors (Lipinski definition) is 1. The molecule has 64 valence electrons. The number of aromatic nitrogens is 2. The average Bonchev–Trinajstić information content (AvgIpc) is 2.17. The normalized spacial score (nSPS) is 9.17. The van der Waals surface area contributed by atoms with E-state index in [-0.39, 0.29) is 11.7 Å². The molecule has 2 N–H and O–H groups in total. The molecule has 1 heterocycles. The molecular formula is C6H7N3O3. The lowest BCUT2D eigenvalue weighted by molar-refractivity contribution is 0.0585. The van der Waals surface area contributed by atoms with Crippen molar-refractivity contribution in [1.82, 2.24) is 9.97 Å². The molecule has 1 rings (SSSR count). The zero-order chi connectivity index (χ0) is 8.97. The maximum atomic E-state index is 10.8. The minimum Gasteiger partial charge on any atom is -0.463 e. The van der Waals surface area contributed by atoms with Gasteiger partial charge in [-0.2, -0.15) is 10.9 Å². The molecule has 1 aromatic rings. The fourth-order valence-corrected chi connectivity index (χ4v) is 0.597. The van der Waals surface area contributed by atoms with E-state index in [2.05, 4.69) is 19.5 Å². The predicted molar refractivity (Wildman–Crippen MR) is 38.2 cm³/mol. The number of methoxy groups -OCH3 is 1. The summed E-state index contributed by atoms with van der Waals surface area (Å²) in [4.78, 5) is 22.4. The minimum absolute atomic E-state index is 0.0829. The third kappa shape index (κ3) is 1.67. The molecule has 0 fully saturated rings. The van der Waals surface area contributed by atoms with Gasteiger partial charge in [-0.05, 0) is 0 Å². The number of nitrogens with two attached hydrogens (primary N) is 1. The highest BCUT2D eigenvalue weighted by atomic mass is 16.6. The van der Waals surface area contributed by atoms with Gasteiger partial charge in [0, 0.05) is 12.3 Å². The molecule has 0 aliphatic heterocycles. The van der Waals surface area contributed by atoms with E-state index in [0.29, 0.717) is 0 Å². The van der Waals surface area contributed by atoms with E-state index >= 15 is 0 Å². The Balaban J connectivity index is 2.93. The number of esters is 1. The second-order valence-corrected chi connectivity index (χ2v) is 1.83. The summed E-state index contributed by atoms with van der Waals surface area (Å²) in [7, 11) is 1.24. The maximum absolute atomic E-state index is 10.8. The predicted octanol–water partition coefficient (Wildman–Crippen LogP) is -0.484. The Morgan fingerprint density at radius 1 is 1.67 bits per heavy atom. The van der Waals surface area contributed by atoms with Crippen LogP contribution in [0.2, 0.25) is 0 Å². The van der Waals surface area contributed by atoms with Gasteiger partial charge in [-0.3, -0.25) is 0 Å². The van der Waals surface area contributed by atoms with E-state index < -0.39 is 5.97 Å². The van der Waals surface area contributed by atoms with Crippen LogP contribution in [0.3, 0.4) is 0 Å². The topological polar surface area (TPSA) is 87.3 Å². The van der Waals surface area contributed by atoms with Crippen molar-refractivity contribution in [3.05, 3.63) is 18.1 Å². The van der Waals surface area contributed by atoms with Gasteiger partial charge in [-0.15, -0.1) is 0 Å². The fraction of sp³-hybridized carbons (Fsp3) is 0.167. The lowest BCUT2D eigenvalue weighted by Gasteiger charge is -1.98. The van der Waals surface area contributed by atoms with Gasteiger partial charge in [-0.25, -0.2) is 9.78 Å². The van der Waals surface area contributed by atoms with E-state index in [1.807, 2.05) is 0 Å². The highest BCUT2D eigenvalue weighted by molar-refractivity contribution is 5.84. The van der Waals surface area contributed by atoms with Crippen LogP contribution in [0.15, 0.2) is 12.3 Å². The van der Waals surface area contributed by atoms with Gasteiger partial charge >= 0.3 is 5.97 Å². The van der Waals surface area contributed by atoms with E-state index in [1.165, 1.54) is 19.4 Å². The molecule has 0 bridgehead atoms. The van der Waals surface area contributed by atoms with E-state index in [9.17, 15) is 4.79 Å². The average molecular weight is 169 g/mol. The number of carbonyl (C=O) groups is 1. The van der Waals surface area contributed by atoms with Crippen LogP contribution in [0.25, 0.3) is 0 Å². The maximum Gasteiger partial charge on any atom is 0.376 e.